The molecule has 1 aromatic heterocycles. The summed E-state index contributed by atoms with van der Waals surface area (Å²) in [6, 6.07) is 3.46. The largest absolute Gasteiger partial charge is 0.456 e. The Morgan fingerprint density at radius 3 is 2.69 bits per heavy atom. The number of carbonyl (C=O) groups excluding carboxylic acids is 2. The smallest absolute Gasteiger partial charge is 0.306 e. The van der Waals surface area contributed by atoms with E-state index < -0.39 is 30.1 Å². The van der Waals surface area contributed by atoms with Crippen LogP contribution in [0.1, 0.15) is 12.3 Å². The van der Waals surface area contributed by atoms with Crippen molar-refractivity contribution >= 4 is 11.9 Å². The van der Waals surface area contributed by atoms with Crippen LogP contribution in [-0.4, -0.2) is 43.7 Å². The fraction of sp³-hybridized carbons (Fsp3) is 0.353. The van der Waals surface area contributed by atoms with Crippen molar-refractivity contribution in [1.82, 2.24) is 10.3 Å². The number of amides is 1. The fourth-order valence-corrected chi connectivity index (χ4v) is 2.05. The lowest BCUT2D eigenvalue weighted by atomic mass is 10.1. The maximum atomic E-state index is 13.7. The Hall–Kier alpha value is -2.81. The molecule has 1 N–H and O–H groups in total. The van der Waals surface area contributed by atoms with Crippen LogP contribution in [0.2, 0.25) is 0 Å². The molecule has 0 bridgehead atoms. The van der Waals surface area contributed by atoms with E-state index >= 15 is 0 Å². The van der Waals surface area contributed by atoms with Crippen LogP contribution in [0.4, 0.5) is 8.78 Å². The van der Waals surface area contributed by atoms with Gasteiger partial charge < -0.3 is 19.2 Å². The fourth-order valence-electron chi connectivity index (χ4n) is 2.05. The molecule has 0 unspecified atom stereocenters. The van der Waals surface area contributed by atoms with Crippen LogP contribution in [0.15, 0.2) is 28.8 Å². The zero-order chi connectivity index (χ0) is 18.9. The summed E-state index contributed by atoms with van der Waals surface area (Å²) in [7, 11) is 1.50. The van der Waals surface area contributed by atoms with Crippen molar-refractivity contribution < 1.29 is 32.3 Å². The Morgan fingerprint density at radius 1 is 1.27 bits per heavy atom. The molecule has 0 saturated heterocycles. The van der Waals surface area contributed by atoms with Gasteiger partial charge >= 0.3 is 5.97 Å². The van der Waals surface area contributed by atoms with E-state index in [1.807, 2.05) is 0 Å². The molecular formula is C17H18F2N2O5. The summed E-state index contributed by atoms with van der Waals surface area (Å²) >= 11 is 0. The first-order chi connectivity index (χ1) is 12.5. The van der Waals surface area contributed by atoms with Gasteiger partial charge in [-0.25, -0.2) is 13.8 Å². The number of hydrogen-bond donors (Lipinski definition) is 1. The number of halogens is 2. The topological polar surface area (TPSA) is 90.7 Å². The normalized spacial score (nSPS) is 10.6. The van der Waals surface area contributed by atoms with E-state index in [1.54, 1.807) is 0 Å². The minimum atomic E-state index is -0.772. The number of nitrogens with zero attached hydrogens (tertiary/aromatic N) is 1. The van der Waals surface area contributed by atoms with E-state index in [4.69, 9.17) is 13.9 Å². The minimum absolute atomic E-state index is 0.0681. The van der Waals surface area contributed by atoms with Crippen molar-refractivity contribution in [2.45, 2.75) is 12.8 Å². The number of aryl methyl sites for hydroxylation is 1. The highest BCUT2D eigenvalue weighted by Gasteiger charge is 2.16. The van der Waals surface area contributed by atoms with E-state index in [0.29, 0.717) is 13.2 Å². The Balaban J connectivity index is 1.81. The van der Waals surface area contributed by atoms with Gasteiger partial charge in [-0.2, -0.15) is 0 Å². The zero-order valence-electron chi connectivity index (χ0n) is 14.1. The number of hydrogen-bond acceptors (Lipinski definition) is 6. The molecule has 0 aliphatic rings. The molecule has 0 fully saturated rings. The number of carbonyl (C=O) groups is 2. The summed E-state index contributed by atoms with van der Waals surface area (Å²) in [5.74, 6) is -2.55. The third-order valence-corrected chi connectivity index (χ3v) is 3.30. The highest BCUT2D eigenvalue weighted by Crippen LogP contribution is 2.26. The van der Waals surface area contributed by atoms with Crippen molar-refractivity contribution in [2.24, 2.45) is 0 Å². The van der Waals surface area contributed by atoms with E-state index in [9.17, 15) is 18.4 Å². The van der Waals surface area contributed by atoms with E-state index in [0.717, 1.165) is 12.1 Å². The monoisotopic (exact) mass is 368 g/mol. The van der Waals surface area contributed by atoms with E-state index in [-0.39, 0.29) is 30.1 Å². The average Bonchev–Trinajstić information content (AvgIpc) is 3.07. The van der Waals surface area contributed by atoms with Crippen LogP contribution < -0.4 is 5.32 Å². The van der Waals surface area contributed by atoms with Gasteiger partial charge in [0.2, 0.25) is 0 Å². The third kappa shape index (κ3) is 5.62. The van der Waals surface area contributed by atoms with Crippen molar-refractivity contribution in [3.05, 3.63) is 41.9 Å². The molecule has 1 aromatic carbocycles. The molecular weight excluding hydrogens is 350 g/mol. The standard InChI is InChI=1S/C17H18F2N2O5/c1-24-8-7-20-14(22)10-25-16(23)6-5-15-21-9-13(26-15)17-11(18)3-2-4-12(17)19/h2-4,9H,5-8,10H2,1H3,(H,20,22). The second-order valence-corrected chi connectivity index (χ2v) is 5.22. The molecule has 1 amide bonds. The van der Waals surface area contributed by atoms with E-state index in [1.165, 1.54) is 19.4 Å². The molecule has 2 aromatic rings. The molecule has 7 nitrogen and oxygen atoms in total. The number of esters is 1. The maximum Gasteiger partial charge on any atom is 0.306 e. The number of benzene rings is 1. The lowest BCUT2D eigenvalue weighted by Crippen LogP contribution is -2.31. The number of oxazole rings is 1. The molecule has 0 aliphatic heterocycles. The Morgan fingerprint density at radius 2 is 2.00 bits per heavy atom. The van der Waals surface area contributed by atoms with Crippen molar-refractivity contribution in [3.63, 3.8) is 0 Å². The molecule has 0 radical (unpaired) electrons. The first-order valence-electron chi connectivity index (χ1n) is 7.81. The Bertz CT molecular complexity index is 743. The Kier molecular flexibility index (Phi) is 7.22. The van der Waals surface area contributed by atoms with Gasteiger partial charge in [-0.1, -0.05) is 6.07 Å². The highest BCUT2D eigenvalue weighted by atomic mass is 19.1. The van der Waals surface area contributed by atoms with Crippen molar-refractivity contribution in [3.8, 4) is 11.3 Å². The quantitative estimate of drug-likeness (QED) is 0.537. The summed E-state index contributed by atoms with van der Waals surface area (Å²) in [6.07, 6.45) is 1.16. The molecule has 9 heteroatoms. The predicted molar refractivity (Wildman–Crippen MR) is 86.0 cm³/mol. The van der Waals surface area contributed by atoms with Crippen LogP contribution in [-0.2, 0) is 25.5 Å². The SMILES string of the molecule is COCCNC(=O)COC(=O)CCc1ncc(-c2c(F)cccc2F)o1. The third-order valence-electron chi connectivity index (χ3n) is 3.30. The van der Waals surface area contributed by atoms with Gasteiger partial charge in [0.15, 0.2) is 18.3 Å². The maximum absolute atomic E-state index is 13.7. The second-order valence-electron chi connectivity index (χ2n) is 5.22. The van der Waals surface area contributed by atoms with Crippen LogP contribution in [0.3, 0.4) is 0 Å². The highest BCUT2D eigenvalue weighted by molar-refractivity contribution is 5.80. The summed E-state index contributed by atoms with van der Waals surface area (Å²) in [4.78, 5) is 26.9. The summed E-state index contributed by atoms with van der Waals surface area (Å²) in [6.45, 7) is 0.271. The Labute approximate surface area is 148 Å². The van der Waals surface area contributed by atoms with Crippen molar-refractivity contribution in [2.75, 3.05) is 26.9 Å². The van der Waals surface area contributed by atoms with Crippen LogP contribution in [0.25, 0.3) is 11.3 Å². The molecule has 2 rings (SSSR count). The predicted octanol–water partition coefficient (Wildman–Crippen LogP) is 1.86. The van der Waals surface area contributed by atoms with E-state index in [2.05, 4.69) is 10.3 Å². The molecule has 0 aliphatic carbocycles. The molecule has 26 heavy (non-hydrogen) atoms. The molecule has 1 heterocycles. The zero-order valence-corrected chi connectivity index (χ0v) is 14.1. The number of nitrogens with one attached hydrogen (secondary N) is 1. The molecule has 0 saturated carbocycles. The van der Waals surface area contributed by atoms with Crippen LogP contribution >= 0.6 is 0 Å². The molecule has 140 valence electrons. The number of rotatable bonds is 9. The summed E-state index contributed by atoms with van der Waals surface area (Å²) < 4.78 is 42.3. The molecule has 0 atom stereocenters. The van der Waals surface area contributed by atoms with Gasteiger partial charge in [0.25, 0.3) is 5.91 Å². The lowest BCUT2D eigenvalue weighted by Gasteiger charge is -2.05. The summed E-state index contributed by atoms with van der Waals surface area (Å²) in [5.41, 5.74) is -0.318. The van der Waals surface area contributed by atoms with Crippen LogP contribution in [0, 0.1) is 11.6 Å². The van der Waals surface area contributed by atoms with Gasteiger partial charge in [0.05, 0.1) is 24.8 Å². The lowest BCUT2D eigenvalue weighted by molar-refractivity contribution is -0.148. The van der Waals surface area contributed by atoms with Gasteiger partial charge in [0.1, 0.15) is 11.6 Å². The second kappa shape index (κ2) is 9.62. The van der Waals surface area contributed by atoms with Gasteiger partial charge in [0, 0.05) is 20.1 Å². The average molecular weight is 368 g/mol. The number of methoxy groups -OCH3 is 1. The first-order valence-corrected chi connectivity index (χ1v) is 7.81. The van der Waals surface area contributed by atoms with Crippen LogP contribution in [0.5, 0.6) is 0 Å². The van der Waals surface area contributed by atoms with Gasteiger partial charge in [-0.3, -0.25) is 9.59 Å². The minimum Gasteiger partial charge on any atom is -0.456 e. The first kappa shape index (κ1) is 19.5. The van der Waals surface area contributed by atoms with Gasteiger partial charge in [-0.05, 0) is 12.1 Å². The molecule has 0 spiro atoms. The van der Waals surface area contributed by atoms with Gasteiger partial charge in [-0.15, -0.1) is 0 Å². The summed E-state index contributed by atoms with van der Waals surface area (Å²) in [5, 5.41) is 2.50. The number of ether oxygens (including phenoxy) is 2. The number of aromatic nitrogens is 1. The van der Waals surface area contributed by atoms with Crippen molar-refractivity contribution in [1.29, 1.82) is 0 Å².